The van der Waals surface area contributed by atoms with E-state index in [1.165, 1.54) is 6.42 Å². The van der Waals surface area contributed by atoms with E-state index in [-0.39, 0.29) is 5.92 Å². The van der Waals surface area contributed by atoms with Crippen LogP contribution in [0.4, 0.5) is 0 Å². The predicted molar refractivity (Wildman–Crippen MR) is 74.1 cm³/mol. The lowest BCUT2D eigenvalue weighted by Gasteiger charge is -2.18. The van der Waals surface area contributed by atoms with Crippen molar-refractivity contribution in [1.29, 1.82) is 0 Å². The van der Waals surface area contributed by atoms with Crippen molar-refractivity contribution in [2.75, 3.05) is 0 Å². The molecule has 2 aromatic rings. The molecule has 3 nitrogen and oxygen atoms in total. The SMILES string of the molecule is O=C(c1ccc2ncccc2c1)C1CC2CCC1N2. The number of ketones is 1. The number of Topliss-reactive ketones (excluding diaryl/α,β-unsaturated/α-hetero) is 1. The van der Waals surface area contributed by atoms with Gasteiger partial charge in [-0.05, 0) is 43.5 Å². The van der Waals surface area contributed by atoms with Gasteiger partial charge in [-0.25, -0.2) is 0 Å². The van der Waals surface area contributed by atoms with E-state index in [0.717, 1.165) is 29.3 Å². The summed E-state index contributed by atoms with van der Waals surface area (Å²) in [5.41, 5.74) is 1.78. The molecule has 2 fully saturated rings. The highest BCUT2D eigenvalue weighted by atomic mass is 16.1. The van der Waals surface area contributed by atoms with Crippen LogP contribution in [0.3, 0.4) is 0 Å². The van der Waals surface area contributed by atoms with E-state index in [9.17, 15) is 4.79 Å². The summed E-state index contributed by atoms with van der Waals surface area (Å²) in [7, 11) is 0. The van der Waals surface area contributed by atoms with Gasteiger partial charge in [0.1, 0.15) is 0 Å². The molecule has 1 aromatic carbocycles. The van der Waals surface area contributed by atoms with Gasteiger partial charge in [-0.1, -0.05) is 6.07 Å². The Bertz CT molecular complexity index is 652. The first-order chi connectivity index (χ1) is 9.31. The van der Waals surface area contributed by atoms with Crippen LogP contribution in [0.1, 0.15) is 29.6 Å². The topological polar surface area (TPSA) is 42.0 Å². The highest BCUT2D eigenvalue weighted by Crippen LogP contribution is 2.35. The molecule has 0 saturated carbocycles. The fourth-order valence-electron chi connectivity index (χ4n) is 3.56. The fraction of sp³-hybridized carbons (Fsp3) is 0.375. The number of benzene rings is 1. The average Bonchev–Trinajstić information content (AvgIpc) is 3.08. The Morgan fingerprint density at radius 3 is 3.00 bits per heavy atom. The summed E-state index contributed by atoms with van der Waals surface area (Å²) in [6.45, 7) is 0. The average molecular weight is 252 g/mol. The molecule has 4 rings (SSSR count). The van der Waals surface area contributed by atoms with Crippen molar-refractivity contribution in [2.45, 2.75) is 31.3 Å². The number of nitrogens with zero attached hydrogens (tertiary/aromatic N) is 1. The largest absolute Gasteiger partial charge is 0.310 e. The van der Waals surface area contributed by atoms with Gasteiger partial charge in [-0.3, -0.25) is 9.78 Å². The molecule has 96 valence electrons. The zero-order valence-corrected chi connectivity index (χ0v) is 10.7. The third-order valence-electron chi connectivity index (χ3n) is 4.52. The normalized spacial score (nSPS) is 28.9. The molecule has 3 heteroatoms. The number of carbonyl (C=O) groups is 1. The van der Waals surface area contributed by atoms with Crippen LogP contribution in [0.2, 0.25) is 0 Å². The molecule has 0 amide bonds. The van der Waals surface area contributed by atoms with Gasteiger partial charge in [0, 0.05) is 35.1 Å². The Balaban J connectivity index is 1.68. The zero-order chi connectivity index (χ0) is 12.8. The van der Waals surface area contributed by atoms with E-state index in [4.69, 9.17) is 0 Å². The number of aromatic nitrogens is 1. The molecule has 0 radical (unpaired) electrons. The van der Waals surface area contributed by atoms with Crippen LogP contribution in [0, 0.1) is 5.92 Å². The molecule has 0 spiro atoms. The van der Waals surface area contributed by atoms with Crippen LogP contribution in [-0.2, 0) is 0 Å². The van der Waals surface area contributed by atoms with Crippen LogP contribution < -0.4 is 5.32 Å². The summed E-state index contributed by atoms with van der Waals surface area (Å²) in [5, 5.41) is 4.58. The number of fused-ring (bicyclic) bond motifs is 3. The molecule has 0 aliphatic carbocycles. The lowest BCUT2D eigenvalue weighted by molar-refractivity contribution is 0.0901. The number of rotatable bonds is 2. The highest BCUT2D eigenvalue weighted by molar-refractivity contribution is 6.01. The van der Waals surface area contributed by atoms with Gasteiger partial charge in [-0.2, -0.15) is 0 Å². The number of nitrogens with one attached hydrogen (secondary N) is 1. The van der Waals surface area contributed by atoms with Crippen molar-refractivity contribution in [3.8, 4) is 0 Å². The molecule has 3 atom stereocenters. The van der Waals surface area contributed by atoms with Crippen LogP contribution in [-0.4, -0.2) is 22.9 Å². The Kier molecular flexibility index (Phi) is 2.42. The lowest BCUT2D eigenvalue weighted by Crippen LogP contribution is -2.28. The van der Waals surface area contributed by atoms with Crippen molar-refractivity contribution < 1.29 is 4.79 Å². The summed E-state index contributed by atoms with van der Waals surface area (Å²) >= 11 is 0. The van der Waals surface area contributed by atoms with Crippen molar-refractivity contribution in [3.05, 3.63) is 42.1 Å². The number of hydrogen-bond acceptors (Lipinski definition) is 3. The Hall–Kier alpha value is -1.74. The van der Waals surface area contributed by atoms with Crippen LogP contribution in [0.5, 0.6) is 0 Å². The van der Waals surface area contributed by atoms with Gasteiger partial charge < -0.3 is 5.32 Å². The van der Waals surface area contributed by atoms with Gasteiger partial charge in [0.2, 0.25) is 0 Å². The first-order valence-electron chi connectivity index (χ1n) is 6.96. The van der Waals surface area contributed by atoms with E-state index in [1.807, 2.05) is 30.3 Å². The van der Waals surface area contributed by atoms with Gasteiger partial charge in [0.15, 0.2) is 5.78 Å². The predicted octanol–water partition coefficient (Wildman–Crippen LogP) is 2.56. The smallest absolute Gasteiger partial charge is 0.167 e. The van der Waals surface area contributed by atoms with Crippen LogP contribution in [0.25, 0.3) is 10.9 Å². The summed E-state index contributed by atoms with van der Waals surface area (Å²) < 4.78 is 0. The number of pyridine rings is 1. The monoisotopic (exact) mass is 252 g/mol. The Morgan fingerprint density at radius 2 is 2.21 bits per heavy atom. The summed E-state index contributed by atoms with van der Waals surface area (Å²) in [6.07, 6.45) is 5.17. The molecule has 2 aliphatic heterocycles. The third-order valence-corrected chi connectivity index (χ3v) is 4.52. The molecule has 2 saturated heterocycles. The van der Waals surface area contributed by atoms with E-state index >= 15 is 0 Å². The lowest BCUT2D eigenvalue weighted by atomic mass is 9.83. The molecule has 19 heavy (non-hydrogen) atoms. The number of hydrogen-bond donors (Lipinski definition) is 1. The summed E-state index contributed by atoms with van der Waals surface area (Å²) in [4.78, 5) is 16.9. The fourth-order valence-corrected chi connectivity index (χ4v) is 3.56. The third kappa shape index (κ3) is 1.77. The second-order valence-corrected chi connectivity index (χ2v) is 5.66. The maximum atomic E-state index is 12.6. The quantitative estimate of drug-likeness (QED) is 0.835. The van der Waals surface area contributed by atoms with E-state index in [1.54, 1.807) is 6.20 Å². The minimum absolute atomic E-state index is 0.174. The molecule has 2 aliphatic rings. The van der Waals surface area contributed by atoms with E-state index in [0.29, 0.717) is 17.9 Å². The molecule has 3 heterocycles. The van der Waals surface area contributed by atoms with Crippen molar-refractivity contribution >= 4 is 16.7 Å². The van der Waals surface area contributed by atoms with Crippen molar-refractivity contribution in [2.24, 2.45) is 5.92 Å². The maximum Gasteiger partial charge on any atom is 0.167 e. The van der Waals surface area contributed by atoms with Crippen LogP contribution >= 0.6 is 0 Å². The summed E-state index contributed by atoms with van der Waals surface area (Å²) in [6, 6.07) is 10.8. The second kappa shape index (κ2) is 4.14. The van der Waals surface area contributed by atoms with Crippen molar-refractivity contribution in [3.63, 3.8) is 0 Å². The minimum Gasteiger partial charge on any atom is -0.310 e. The molecular weight excluding hydrogens is 236 g/mol. The first kappa shape index (κ1) is 11.1. The molecule has 3 unspecified atom stereocenters. The van der Waals surface area contributed by atoms with Gasteiger partial charge in [-0.15, -0.1) is 0 Å². The Labute approximate surface area is 112 Å². The van der Waals surface area contributed by atoms with Gasteiger partial charge in [0.05, 0.1) is 5.52 Å². The zero-order valence-electron chi connectivity index (χ0n) is 10.7. The minimum atomic E-state index is 0.174. The first-order valence-corrected chi connectivity index (χ1v) is 6.96. The van der Waals surface area contributed by atoms with Crippen LogP contribution in [0.15, 0.2) is 36.5 Å². The molecule has 1 aromatic heterocycles. The van der Waals surface area contributed by atoms with E-state index < -0.39 is 0 Å². The van der Waals surface area contributed by atoms with Gasteiger partial charge >= 0.3 is 0 Å². The van der Waals surface area contributed by atoms with Crippen molar-refractivity contribution in [1.82, 2.24) is 10.3 Å². The standard InChI is InChI=1S/C16H16N2O/c19-16(13-9-12-4-6-15(13)18-12)11-3-5-14-10(8-11)2-1-7-17-14/h1-3,5,7-8,12-13,15,18H,4,6,9H2. The summed E-state index contributed by atoms with van der Waals surface area (Å²) in [5.74, 6) is 0.471. The van der Waals surface area contributed by atoms with E-state index in [2.05, 4.69) is 10.3 Å². The maximum absolute atomic E-state index is 12.6. The second-order valence-electron chi connectivity index (χ2n) is 5.66. The molecular formula is C16H16N2O. The molecule has 1 N–H and O–H groups in total. The molecule has 2 bridgehead atoms. The number of carbonyl (C=O) groups excluding carboxylic acids is 1. The Morgan fingerprint density at radius 1 is 1.26 bits per heavy atom. The highest BCUT2D eigenvalue weighted by Gasteiger charge is 2.42. The van der Waals surface area contributed by atoms with Gasteiger partial charge in [0.25, 0.3) is 0 Å².